The first-order valence-corrected chi connectivity index (χ1v) is 9.74. The molecule has 1 atom stereocenters. The molecule has 28 heavy (non-hydrogen) atoms. The number of thiazole rings is 1. The van der Waals surface area contributed by atoms with E-state index in [2.05, 4.69) is 20.4 Å². The van der Waals surface area contributed by atoms with Gasteiger partial charge in [0.05, 0.1) is 6.10 Å². The molecule has 144 valence electrons. The highest BCUT2D eigenvalue weighted by Gasteiger charge is 2.21. The molecule has 0 radical (unpaired) electrons. The van der Waals surface area contributed by atoms with E-state index < -0.39 is 0 Å². The average Bonchev–Trinajstić information content (AvgIpc) is 3.51. The van der Waals surface area contributed by atoms with Gasteiger partial charge in [-0.15, -0.1) is 11.3 Å². The summed E-state index contributed by atoms with van der Waals surface area (Å²) in [6.07, 6.45) is 2.09. The Morgan fingerprint density at radius 1 is 1.25 bits per heavy atom. The molecule has 0 bridgehead atoms. The Morgan fingerprint density at radius 3 is 3.07 bits per heavy atom. The van der Waals surface area contributed by atoms with Crippen molar-refractivity contribution in [1.82, 2.24) is 20.4 Å². The molecule has 2 aliphatic heterocycles. The maximum absolute atomic E-state index is 12.3. The molecule has 1 aromatic carbocycles. The van der Waals surface area contributed by atoms with Crippen molar-refractivity contribution in [2.45, 2.75) is 18.9 Å². The first-order chi connectivity index (χ1) is 13.8. The average molecular weight is 400 g/mol. The van der Waals surface area contributed by atoms with Crippen molar-refractivity contribution in [1.29, 1.82) is 0 Å². The van der Waals surface area contributed by atoms with E-state index in [9.17, 15) is 4.79 Å². The van der Waals surface area contributed by atoms with Crippen LogP contribution in [0, 0.1) is 0 Å². The van der Waals surface area contributed by atoms with Crippen LogP contribution in [0.1, 0.15) is 22.6 Å². The number of aromatic nitrogens is 3. The summed E-state index contributed by atoms with van der Waals surface area (Å²) >= 11 is 1.23. The quantitative estimate of drug-likeness (QED) is 0.696. The van der Waals surface area contributed by atoms with Crippen molar-refractivity contribution in [3.05, 3.63) is 28.6 Å². The van der Waals surface area contributed by atoms with Gasteiger partial charge in [-0.2, -0.15) is 4.98 Å². The molecule has 3 aromatic rings. The van der Waals surface area contributed by atoms with Crippen molar-refractivity contribution in [3.63, 3.8) is 0 Å². The molecule has 1 fully saturated rings. The first kappa shape index (κ1) is 17.1. The van der Waals surface area contributed by atoms with Gasteiger partial charge in [-0.25, -0.2) is 4.98 Å². The van der Waals surface area contributed by atoms with Crippen LogP contribution in [0.2, 0.25) is 0 Å². The highest BCUT2D eigenvalue weighted by atomic mass is 32.1. The number of rotatable bonds is 5. The Kier molecular flexibility index (Phi) is 4.41. The van der Waals surface area contributed by atoms with Gasteiger partial charge < -0.3 is 24.1 Å². The molecular formula is C18H16N4O5S. The Balaban J connectivity index is 1.29. The molecular weight excluding hydrogens is 384 g/mol. The minimum absolute atomic E-state index is 0.0866. The van der Waals surface area contributed by atoms with E-state index in [-0.39, 0.29) is 24.7 Å². The molecule has 5 rings (SSSR count). The zero-order valence-corrected chi connectivity index (χ0v) is 15.5. The summed E-state index contributed by atoms with van der Waals surface area (Å²) in [5.41, 5.74) is 1.20. The van der Waals surface area contributed by atoms with Crippen molar-refractivity contribution < 1.29 is 23.5 Å². The number of benzene rings is 1. The van der Waals surface area contributed by atoms with Gasteiger partial charge in [0, 0.05) is 24.1 Å². The summed E-state index contributed by atoms with van der Waals surface area (Å²) in [7, 11) is 0. The van der Waals surface area contributed by atoms with Crippen LogP contribution in [0.25, 0.3) is 23.0 Å². The predicted molar refractivity (Wildman–Crippen MR) is 98.3 cm³/mol. The number of nitrogens with zero attached hydrogens (tertiary/aromatic N) is 3. The molecule has 0 unspecified atom stereocenters. The number of hydrogen-bond acceptors (Lipinski definition) is 9. The lowest BCUT2D eigenvalue weighted by molar-refractivity contribution is 0.0857. The third-order valence-electron chi connectivity index (χ3n) is 4.49. The zero-order chi connectivity index (χ0) is 18.9. The lowest BCUT2D eigenvalue weighted by Crippen LogP contribution is -2.31. The van der Waals surface area contributed by atoms with Crippen molar-refractivity contribution in [2.24, 2.45) is 0 Å². The fraction of sp³-hybridized carbons (Fsp3) is 0.333. The van der Waals surface area contributed by atoms with Crippen molar-refractivity contribution in [2.75, 3.05) is 19.9 Å². The molecule has 0 spiro atoms. The van der Waals surface area contributed by atoms with Gasteiger partial charge in [-0.1, -0.05) is 5.16 Å². The Hall–Kier alpha value is -2.98. The van der Waals surface area contributed by atoms with Crippen LogP contribution in [0.4, 0.5) is 0 Å². The smallest absolute Gasteiger partial charge is 0.280 e. The van der Waals surface area contributed by atoms with E-state index in [1.54, 1.807) is 17.5 Å². The largest absolute Gasteiger partial charge is 0.454 e. The predicted octanol–water partition coefficient (Wildman–Crippen LogP) is 2.50. The second-order valence-electron chi connectivity index (χ2n) is 6.37. The Morgan fingerprint density at radius 2 is 2.18 bits per heavy atom. The molecule has 1 saturated heterocycles. The summed E-state index contributed by atoms with van der Waals surface area (Å²) in [6, 6.07) is 5.42. The second-order valence-corrected chi connectivity index (χ2v) is 7.23. The van der Waals surface area contributed by atoms with E-state index in [4.69, 9.17) is 18.7 Å². The number of ether oxygens (including phenoxy) is 3. The Labute approximate surface area is 163 Å². The molecule has 2 aromatic heterocycles. The monoisotopic (exact) mass is 400 g/mol. The van der Waals surface area contributed by atoms with Gasteiger partial charge in [0.15, 0.2) is 16.5 Å². The van der Waals surface area contributed by atoms with Crippen molar-refractivity contribution in [3.8, 4) is 34.5 Å². The molecule has 4 heterocycles. The molecule has 1 N–H and O–H groups in total. The lowest BCUT2D eigenvalue weighted by atomic mass is 10.2. The van der Waals surface area contributed by atoms with E-state index in [1.807, 2.05) is 6.07 Å². The second kappa shape index (κ2) is 7.21. The van der Waals surface area contributed by atoms with Gasteiger partial charge in [0.2, 0.25) is 12.6 Å². The number of fused-ring (bicyclic) bond motifs is 1. The number of hydrogen-bond donors (Lipinski definition) is 1. The fourth-order valence-corrected chi connectivity index (χ4v) is 3.75. The Bertz CT molecular complexity index is 1010. The number of carbonyl (C=O) groups is 1. The topological polar surface area (TPSA) is 109 Å². The van der Waals surface area contributed by atoms with E-state index in [1.165, 1.54) is 11.3 Å². The van der Waals surface area contributed by atoms with Crippen LogP contribution in [0.3, 0.4) is 0 Å². The highest BCUT2D eigenvalue weighted by molar-refractivity contribution is 7.12. The van der Waals surface area contributed by atoms with E-state index >= 15 is 0 Å². The standard InChI is InChI=1S/C18H16N4O5S/c23-16(19-7-11-2-1-5-24-11)18-20-12(8-28-18)17-21-15(22-27-17)10-3-4-13-14(6-10)26-9-25-13/h3-4,6,8,11H,1-2,5,7,9H2,(H,19,23)/t11-/m1/s1. The maximum Gasteiger partial charge on any atom is 0.280 e. The normalized spacial score (nSPS) is 17.8. The van der Waals surface area contributed by atoms with Crippen LogP contribution >= 0.6 is 11.3 Å². The number of nitrogens with one attached hydrogen (secondary N) is 1. The molecule has 0 aliphatic carbocycles. The lowest BCUT2D eigenvalue weighted by Gasteiger charge is -2.09. The minimum atomic E-state index is -0.234. The third kappa shape index (κ3) is 3.32. The summed E-state index contributed by atoms with van der Waals surface area (Å²) in [4.78, 5) is 21.0. The summed E-state index contributed by atoms with van der Waals surface area (Å²) in [6.45, 7) is 1.44. The van der Waals surface area contributed by atoms with Crippen LogP contribution in [-0.4, -0.2) is 47.1 Å². The van der Waals surface area contributed by atoms with Gasteiger partial charge in [-0.05, 0) is 31.0 Å². The zero-order valence-electron chi connectivity index (χ0n) is 14.7. The van der Waals surface area contributed by atoms with E-state index in [0.717, 1.165) is 25.0 Å². The molecule has 0 saturated carbocycles. The number of amides is 1. The van der Waals surface area contributed by atoms with Crippen LogP contribution in [0.5, 0.6) is 11.5 Å². The minimum Gasteiger partial charge on any atom is -0.454 e. The molecule has 2 aliphatic rings. The number of carbonyl (C=O) groups excluding carboxylic acids is 1. The first-order valence-electron chi connectivity index (χ1n) is 8.86. The SMILES string of the molecule is O=C(NC[C@H]1CCCO1)c1nc(-c2nc(-c3ccc4c(c3)OCO4)no2)cs1. The van der Waals surface area contributed by atoms with Gasteiger partial charge >= 0.3 is 0 Å². The summed E-state index contributed by atoms with van der Waals surface area (Å²) < 4.78 is 21.5. The highest BCUT2D eigenvalue weighted by Crippen LogP contribution is 2.35. The van der Waals surface area contributed by atoms with Crippen molar-refractivity contribution >= 4 is 17.2 Å². The maximum atomic E-state index is 12.3. The summed E-state index contributed by atoms with van der Waals surface area (Å²) in [5.74, 6) is 1.75. The van der Waals surface area contributed by atoms with Gasteiger partial charge in [0.25, 0.3) is 11.8 Å². The van der Waals surface area contributed by atoms with E-state index in [0.29, 0.717) is 34.6 Å². The molecule has 10 heteroatoms. The van der Waals surface area contributed by atoms with Gasteiger partial charge in [-0.3, -0.25) is 4.79 Å². The molecule has 1 amide bonds. The van der Waals surface area contributed by atoms with Crippen LogP contribution in [-0.2, 0) is 4.74 Å². The summed E-state index contributed by atoms with van der Waals surface area (Å²) in [5, 5.41) is 8.91. The van der Waals surface area contributed by atoms with Crippen LogP contribution < -0.4 is 14.8 Å². The van der Waals surface area contributed by atoms with Gasteiger partial charge in [0.1, 0.15) is 5.69 Å². The molecule has 9 nitrogen and oxygen atoms in total. The fourth-order valence-electron chi connectivity index (χ4n) is 3.04. The third-order valence-corrected chi connectivity index (χ3v) is 5.33. The van der Waals surface area contributed by atoms with Crippen LogP contribution in [0.15, 0.2) is 28.1 Å².